The number of nitrogens with zero attached hydrogens (tertiary/aromatic N) is 4. The lowest BCUT2D eigenvalue weighted by Gasteiger charge is -2.01. The predicted octanol–water partition coefficient (Wildman–Crippen LogP) is 1.62. The summed E-state index contributed by atoms with van der Waals surface area (Å²) in [5.41, 5.74) is 2.94. The van der Waals surface area contributed by atoms with Gasteiger partial charge in [-0.1, -0.05) is 13.3 Å². The molecule has 0 saturated carbocycles. The van der Waals surface area contributed by atoms with E-state index in [1.54, 1.807) is 6.33 Å². The van der Waals surface area contributed by atoms with Crippen molar-refractivity contribution in [3.05, 3.63) is 17.8 Å². The van der Waals surface area contributed by atoms with Gasteiger partial charge in [-0.05, 0) is 13.3 Å². The predicted molar refractivity (Wildman–Crippen MR) is 55.0 cm³/mol. The normalized spacial score (nSPS) is 11.1. The Morgan fingerprint density at radius 2 is 2.14 bits per heavy atom. The van der Waals surface area contributed by atoms with Crippen LogP contribution in [0.4, 0.5) is 0 Å². The molecule has 0 bridgehead atoms. The third-order valence-electron chi connectivity index (χ3n) is 2.23. The summed E-state index contributed by atoms with van der Waals surface area (Å²) in [5, 5.41) is 0. The smallest absolute Gasteiger partial charge is 0.163 e. The van der Waals surface area contributed by atoms with E-state index in [0.717, 1.165) is 35.5 Å². The summed E-state index contributed by atoms with van der Waals surface area (Å²) in [6.07, 6.45) is 3.84. The molecule has 74 valence electrons. The summed E-state index contributed by atoms with van der Waals surface area (Å²) in [5.74, 6) is 0.824. The van der Waals surface area contributed by atoms with Crippen molar-refractivity contribution in [2.45, 2.75) is 26.7 Å². The molecule has 0 spiro atoms. The van der Waals surface area contributed by atoms with Crippen LogP contribution in [0.5, 0.6) is 0 Å². The van der Waals surface area contributed by atoms with Gasteiger partial charge < -0.3 is 4.57 Å². The Bertz CT molecular complexity index is 458. The first-order valence-electron chi connectivity index (χ1n) is 4.87. The molecule has 4 nitrogen and oxygen atoms in total. The number of hydrogen-bond acceptors (Lipinski definition) is 3. The van der Waals surface area contributed by atoms with Crippen molar-refractivity contribution in [1.82, 2.24) is 19.5 Å². The topological polar surface area (TPSA) is 43.6 Å². The van der Waals surface area contributed by atoms with Gasteiger partial charge in [0.2, 0.25) is 0 Å². The molecule has 0 N–H and O–H groups in total. The third-order valence-corrected chi connectivity index (χ3v) is 2.23. The van der Waals surface area contributed by atoms with Crippen molar-refractivity contribution in [3.8, 4) is 0 Å². The van der Waals surface area contributed by atoms with Gasteiger partial charge in [0.1, 0.15) is 11.3 Å². The highest BCUT2D eigenvalue weighted by molar-refractivity contribution is 5.73. The number of hydrogen-bond donors (Lipinski definition) is 0. The van der Waals surface area contributed by atoms with E-state index in [4.69, 9.17) is 0 Å². The first-order valence-corrected chi connectivity index (χ1v) is 4.87. The minimum atomic E-state index is 0.824. The number of imidazole rings is 1. The van der Waals surface area contributed by atoms with Crippen LogP contribution in [-0.4, -0.2) is 19.5 Å². The first kappa shape index (κ1) is 9.12. The van der Waals surface area contributed by atoms with Crippen LogP contribution in [0.3, 0.4) is 0 Å². The van der Waals surface area contributed by atoms with E-state index in [9.17, 15) is 0 Å². The maximum absolute atomic E-state index is 4.42. The number of aryl methyl sites for hydroxylation is 3. The Morgan fingerprint density at radius 1 is 1.36 bits per heavy atom. The zero-order chi connectivity index (χ0) is 10.1. The van der Waals surface area contributed by atoms with E-state index in [-0.39, 0.29) is 0 Å². The molecule has 0 unspecified atom stereocenters. The van der Waals surface area contributed by atoms with Crippen LogP contribution in [0.15, 0.2) is 6.33 Å². The van der Waals surface area contributed by atoms with Crippen molar-refractivity contribution >= 4 is 11.2 Å². The first-order chi connectivity index (χ1) is 6.72. The fraction of sp³-hybridized carbons (Fsp3) is 0.500. The summed E-state index contributed by atoms with van der Waals surface area (Å²) in [6.45, 7) is 4.07. The zero-order valence-electron chi connectivity index (χ0n) is 8.78. The second kappa shape index (κ2) is 3.36. The molecule has 0 fully saturated rings. The lowest BCUT2D eigenvalue weighted by atomic mass is 10.2. The summed E-state index contributed by atoms with van der Waals surface area (Å²) in [6, 6.07) is 0. The Morgan fingerprint density at radius 3 is 2.86 bits per heavy atom. The number of rotatable bonds is 2. The van der Waals surface area contributed by atoms with Crippen molar-refractivity contribution in [3.63, 3.8) is 0 Å². The van der Waals surface area contributed by atoms with Crippen molar-refractivity contribution in [2.75, 3.05) is 0 Å². The monoisotopic (exact) mass is 190 g/mol. The molecule has 0 amide bonds. The van der Waals surface area contributed by atoms with Gasteiger partial charge in [0.25, 0.3) is 0 Å². The summed E-state index contributed by atoms with van der Waals surface area (Å²) < 4.78 is 1.93. The van der Waals surface area contributed by atoms with E-state index >= 15 is 0 Å². The Kier molecular flexibility index (Phi) is 2.19. The van der Waals surface area contributed by atoms with Gasteiger partial charge in [0, 0.05) is 7.05 Å². The van der Waals surface area contributed by atoms with Crippen LogP contribution in [0.1, 0.15) is 24.9 Å². The third kappa shape index (κ3) is 1.36. The second-order valence-electron chi connectivity index (χ2n) is 3.50. The van der Waals surface area contributed by atoms with Crippen LogP contribution < -0.4 is 0 Å². The molecule has 0 aliphatic rings. The molecule has 2 aromatic rings. The van der Waals surface area contributed by atoms with Gasteiger partial charge in [-0.15, -0.1) is 0 Å². The van der Waals surface area contributed by atoms with E-state index in [0.29, 0.717) is 0 Å². The molecule has 4 heteroatoms. The molecule has 0 atom stereocenters. The van der Waals surface area contributed by atoms with Crippen LogP contribution in [-0.2, 0) is 13.5 Å². The highest BCUT2D eigenvalue weighted by Gasteiger charge is 2.08. The number of aromatic nitrogens is 4. The average molecular weight is 190 g/mol. The molecule has 0 saturated heterocycles. The minimum Gasteiger partial charge on any atom is -0.318 e. The Labute approximate surface area is 83.0 Å². The molecule has 0 aromatic carbocycles. The highest BCUT2D eigenvalue weighted by Crippen LogP contribution is 2.14. The molecule has 0 aliphatic carbocycles. The van der Waals surface area contributed by atoms with Crippen LogP contribution in [0.2, 0.25) is 0 Å². The fourth-order valence-corrected chi connectivity index (χ4v) is 1.60. The van der Waals surface area contributed by atoms with E-state index in [2.05, 4.69) is 21.9 Å². The molecule has 2 heterocycles. The Balaban J connectivity index is 2.68. The SMILES string of the molecule is CCCc1nc(C)nc2c1ncn2C. The number of fused-ring (bicyclic) bond motifs is 1. The molecule has 0 radical (unpaired) electrons. The second-order valence-corrected chi connectivity index (χ2v) is 3.50. The Hall–Kier alpha value is -1.45. The maximum Gasteiger partial charge on any atom is 0.163 e. The van der Waals surface area contributed by atoms with Crippen LogP contribution >= 0.6 is 0 Å². The highest BCUT2D eigenvalue weighted by atomic mass is 15.1. The lowest BCUT2D eigenvalue weighted by Crippen LogP contribution is -1.99. The summed E-state index contributed by atoms with van der Waals surface area (Å²) in [7, 11) is 1.96. The van der Waals surface area contributed by atoms with E-state index in [1.807, 2.05) is 18.5 Å². The van der Waals surface area contributed by atoms with E-state index in [1.165, 1.54) is 0 Å². The zero-order valence-corrected chi connectivity index (χ0v) is 8.78. The molecular weight excluding hydrogens is 176 g/mol. The van der Waals surface area contributed by atoms with Gasteiger partial charge in [0.05, 0.1) is 12.0 Å². The molecular formula is C10H14N4. The average Bonchev–Trinajstić information content (AvgIpc) is 2.49. The standard InChI is InChI=1S/C10H14N4/c1-4-5-8-9-10(13-7(2)12-8)14(3)6-11-9/h6H,4-5H2,1-3H3. The largest absolute Gasteiger partial charge is 0.318 e. The lowest BCUT2D eigenvalue weighted by molar-refractivity contribution is 0.863. The minimum absolute atomic E-state index is 0.824. The summed E-state index contributed by atoms with van der Waals surface area (Å²) >= 11 is 0. The molecule has 2 rings (SSSR count). The van der Waals surface area contributed by atoms with Crippen molar-refractivity contribution in [2.24, 2.45) is 7.05 Å². The maximum atomic E-state index is 4.42. The van der Waals surface area contributed by atoms with Crippen LogP contribution in [0, 0.1) is 6.92 Å². The summed E-state index contributed by atoms with van der Waals surface area (Å²) in [4.78, 5) is 13.1. The van der Waals surface area contributed by atoms with E-state index < -0.39 is 0 Å². The fourth-order valence-electron chi connectivity index (χ4n) is 1.60. The van der Waals surface area contributed by atoms with Crippen LogP contribution in [0.25, 0.3) is 11.2 Å². The van der Waals surface area contributed by atoms with Gasteiger partial charge in [0.15, 0.2) is 5.65 Å². The molecule has 0 aliphatic heterocycles. The van der Waals surface area contributed by atoms with Gasteiger partial charge in [-0.2, -0.15) is 0 Å². The van der Waals surface area contributed by atoms with Crippen molar-refractivity contribution < 1.29 is 0 Å². The van der Waals surface area contributed by atoms with Gasteiger partial charge in [-0.3, -0.25) is 0 Å². The molecule has 2 aromatic heterocycles. The quantitative estimate of drug-likeness (QED) is 0.722. The van der Waals surface area contributed by atoms with Gasteiger partial charge >= 0.3 is 0 Å². The van der Waals surface area contributed by atoms with Gasteiger partial charge in [-0.25, -0.2) is 15.0 Å². The molecule has 14 heavy (non-hydrogen) atoms. The van der Waals surface area contributed by atoms with Crippen molar-refractivity contribution in [1.29, 1.82) is 0 Å².